The number of nitrogens with one attached hydrogen (secondary N) is 1. The predicted octanol–water partition coefficient (Wildman–Crippen LogP) is 4.34. The largest absolute Gasteiger partial charge is 0.378 e. The van der Waals surface area contributed by atoms with Gasteiger partial charge < -0.3 is 10.1 Å². The van der Waals surface area contributed by atoms with Crippen molar-refractivity contribution in [2.24, 2.45) is 5.41 Å². The summed E-state index contributed by atoms with van der Waals surface area (Å²) < 4.78 is 7.20. The lowest BCUT2D eigenvalue weighted by Crippen LogP contribution is -2.62. The number of hydrogen-bond acceptors (Lipinski definition) is 3. The van der Waals surface area contributed by atoms with Crippen LogP contribution >= 0.6 is 27.3 Å². The molecule has 2 unspecified atom stereocenters. The summed E-state index contributed by atoms with van der Waals surface area (Å²) in [6.45, 7) is 3.96. The van der Waals surface area contributed by atoms with Crippen molar-refractivity contribution in [1.29, 1.82) is 0 Å². The molecule has 0 bridgehead atoms. The van der Waals surface area contributed by atoms with Crippen LogP contribution in [0.4, 0.5) is 0 Å². The summed E-state index contributed by atoms with van der Waals surface area (Å²) in [7, 11) is 0. The van der Waals surface area contributed by atoms with Crippen LogP contribution in [0.1, 0.15) is 43.9 Å². The summed E-state index contributed by atoms with van der Waals surface area (Å²) >= 11 is 5.44. The fraction of sp³-hybridized carbons (Fsp3) is 0.733. The van der Waals surface area contributed by atoms with Gasteiger partial charge in [0.15, 0.2) is 0 Å². The average Bonchev–Trinajstić information content (AvgIpc) is 3.03. The molecular formula is C15H22BrNOS. The lowest BCUT2D eigenvalue weighted by atomic mass is 9.60. The summed E-state index contributed by atoms with van der Waals surface area (Å²) in [6, 6.07) is 2.79. The molecule has 2 saturated carbocycles. The van der Waals surface area contributed by atoms with Crippen LogP contribution in [0.2, 0.25) is 0 Å². The van der Waals surface area contributed by atoms with E-state index in [0.29, 0.717) is 17.6 Å². The van der Waals surface area contributed by atoms with Crippen molar-refractivity contribution in [2.45, 2.75) is 57.7 Å². The van der Waals surface area contributed by atoms with Crippen LogP contribution in [0.15, 0.2) is 15.9 Å². The maximum absolute atomic E-state index is 5.96. The summed E-state index contributed by atoms with van der Waals surface area (Å²) in [6.07, 6.45) is 7.15. The van der Waals surface area contributed by atoms with Gasteiger partial charge in [-0.05, 0) is 53.6 Å². The topological polar surface area (TPSA) is 21.3 Å². The Hall–Kier alpha value is 0.100. The summed E-state index contributed by atoms with van der Waals surface area (Å²) in [5, 5.41) is 5.93. The molecule has 106 valence electrons. The predicted molar refractivity (Wildman–Crippen MR) is 83.6 cm³/mol. The molecule has 19 heavy (non-hydrogen) atoms. The van der Waals surface area contributed by atoms with Gasteiger partial charge in [-0.2, -0.15) is 0 Å². The van der Waals surface area contributed by atoms with Crippen LogP contribution in [-0.4, -0.2) is 18.8 Å². The van der Waals surface area contributed by atoms with E-state index in [2.05, 4.69) is 39.6 Å². The first-order valence-electron chi connectivity index (χ1n) is 7.33. The van der Waals surface area contributed by atoms with Gasteiger partial charge in [0.25, 0.3) is 0 Å². The number of hydrogen-bond donors (Lipinski definition) is 1. The lowest BCUT2D eigenvalue weighted by molar-refractivity contribution is -0.130. The van der Waals surface area contributed by atoms with Crippen molar-refractivity contribution in [3.63, 3.8) is 0 Å². The molecule has 0 amide bonds. The molecule has 2 fully saturated rings. The number of ether oxygens (including phenoxy) is 1. The van der Waals surface area contributed by atoms with E-state index in [1.165, 1.54) is 41.5 Å². The Bertz CT molecular complexity index is 428. The summed E-state index contributed by atoms with van der Waals surface area (Å²) in [4.78, 5) is 1.41. The third-order valence-electron chi connectivity index (χ3n) is 4.89. The van der Waals surface area contributed by atoms with Crippen molar-refractivity contribution in [3.8, 4) is 0 Å². The molecule has 2 aliphatic rings. The van der Waals surface area contributed by atoms with Crippen molar-refractivity contribution in [1.82, 2.24) is 5.32 Å². The van der Waals surface area contributed by atoms with E-state index in [9.17, 15) is 0 Å². The minimum Gasteiger partial charge on any atom is -0.378 e. The minimum absolute atomic E-state index is 0.444. The quantitative estimate of drug-likeness (QED) is 0.858. The molecule has 0 saturated heterocycles. The van der Waals surface area contributed by atoms with Gasteiger partial charge in [0.1, 0.15) is 0 Å². The monoisotopic (exact) mass is 343 g/mol. The van der Waals surface area contributed by atoms with E-state index >= 15 is 0 Å². The molecule has 1 heterocycles. The van der Waals surface area contributed by atoms with Crippen LogP contribution in [0, 0.1) is 5.41 Å². The Morgan fingerprint density at radius 1 is 1.47 bits per heavy atom. The second-order valence-corrected chi connectivity index (χ2v) is 7.60. The Morgan fingerprint density at radius 2 is 2.26 bits per heavy atom. The molecular weight excluding hydrogens is 322 g/mol. The van der Waals surface area contributed by atoms with Crippen LogP contribution < -0.4 is 5.32 Å². The molecule has 4 heteroatoms. The van der Waals surface area contributed by atoms with Crippen molar-refractivity contribution in [2.75, 3.05) is 6.61 Å². The maximum Gasteiger partial charge on any atom is 0.0661 e. The fourth-order valence-corrected chi connectivity index (χ4v) is 5.28. The van der Waals surface area contributed by atoms with Gasteiger partial charge in [-0.15, -0.1) is 11.3 Å². The molecule has 0 aliphatic heterocycles. The molecule has 1 spiro atoms. The second-order valence-electron chi connectivity index (χ2n) is 5.75. The Labute approximate surface area is 128 Å². The van der Waals surface area contributed by atoms with Gasteiger partial charge in [-0.25, -0.2) is 0 Å². The third kappa shape index (κ3) is 2.53. The van der Waals surface area contributed by atoms with Gasteiger partial charge in [-0.1, -0.05) is 12.8 Å². The first-order chi connectivity index (χ1) is 9.26. The Kier molecular flexibility index (Phi) is 4.32. The molecule has 1 N–H and O–H groups in total. The second kappa shape index (κ2) is 5.84. The van der Waals surface area contributed by atoms with E-state index < -0.39 is 0 Å². The lowest BCUT2D eigenvalue weighted by Gasteiger charge is -2.54. The molecule has 1 aromatic rings. The summed E-state index contributed by atoms with van der Waals surface area (Å²) in [5.74, 6) is 0. The standard InChI is InChI=1S/C15H22BrNOS/c1-2-18-14-9-13(15(14)6-3-4-7-15)17-10-12-11(16)5-8-19-12/h5,8,13-14,17H,2-4,6-7,9-10H2,1H3. The first-order valence-corrected chi connectivity index (χ1v) is 9.00. The van der Waals surface area contributed by atoms with E-state index in [0.717, 1.165) is 13.2 Å². The Balaban J connectivity index is 1.61. The van der Waals surface area contributed by atoms with Gasteiger partial charge in [-0.3, -0.25) is 0 Å². The van der Waals surface area contributed by atoms with Gasteiger partial charge >= 0.3 is 0 Å². The summed E-state index contributed by atoms with van der Waals surface area (Å²) in [5.41, 5.74) is 0.444. The zero-order valence-electron chi connectivity index (χ0n) is 11.5. The molecule has 2 nitrogen and oxygen atoms in total. The normalized spacial score (nSPS) is 28.7. The number of halogens is 1. The highest BCUT2D eigenvalue weighted by Gasteiger charge is 2.56. The SMILES string of the molecule is CCOC1CC(NCc2sccc2Br)C12CCCC2. The van der Waals surface area contributed by atoms with Gasteiger partial charge in [0.05, 0.1) is 6.10 Å². The maximum atomic E-state index is 5.96. The van der Waals surface area contributed by atoms with Crippen LogP contribution in [0.25, 0.3) is 0 Å². The highest BCUT2D eigenvalue weighted by molar-refractivity contribution is 9.10. The van der Waals surface area contributed by atoms with Crippen LogP contribution in [0.3, 0.4) is 0 Å². The van der Waals surface area contributed by atoms with Crippen LogP contribution in [-0.2, 0) is 11.3 Å². The van der Waals surface area contributed by atoms with Crippen molar-refractivity contribution >= 4 is 27.3 Å². The first kappa shape index (κ1) is 14.1. The smallest absolute Gasteiger partial charge is 0.0661 e. The van der Waals surface area contributed by atoms with Crippen molar-refractivity contribution < 1.29 is 4.74 Å². The highest BCUT2D eigenvalue weighted by Crippen LogP contribution is 2.54. The van der Waals surface area contributed by atoms with Gasteiger partial charge in [0, 0.05) is 34.0 Å². The molecule has 0 aromatic carbocycles. The molecule has 2 atom stereocenters. The zero-order chi connectivity index (χ0) is 13.3. The fourth-order valence-electron chi connectivity index (χ4n) is 3.84. The molecule has 1 aromatic heterocycles. The van der Waals surface area contributed by atoms with Gasteiger partial charge in [0.2, 0.25) is 0 Å². The molecule has 0 radical (unpaired) electrons. The van der Waals surface area contributed by atoms with E-state index in [1.807, 2.05) is 11.3 Å². The zero-order valence-corrected chi connectivity index (χ0v) is 13.9. The highest BCUT2D eigenvalue weighted by atomic mass is 79.9. The number of thiophene rings is 1. The third-order valence-corrected chi connectivity index (χ3v) is 6.81. The van der Waals surface area contributed by atoms with Crippen molar-refractivity contribution in [3.05, 3.63) is 20.8 Å². The average molecular weight is 344 g/mol. The minimum atomic E-state index is 0.444. The Morgan fingerprint density at radius 3 is 2.89 bits per heavy atom. The molecule has 2 aliphatic carbocycles. The molecule has 3 rings (SSSR count). The van der Waals surface area contributed by atoms with E-state index in [-0.39, 0.29) is 0 Å². The van der Waals surface area contributed by atoms with E-state index in [4.69, 9.17) is 4.74 Å². The number of rotatable bonds is 5. The van der Waals surface area contributed by atoms with Crippen LogP contribution in [0.5, 0.6) is 0 Å². The van der Waals surface area contributed by atoms with E-state index in [1.54, 1.807) is 0 Å².